The normalized spacial score (nSPS) is 23.7. The molecule has 2 aliphatic carbocycles. The van der Waals surface area contributed by atoms with Gasteiger partial charge in [0.25, 0.3) is 11.8 Å². The molecule has 2 saturated heterocycles. The monoisotopic (exact) mass is 634 g/mol. The lowest BCUT2D eigenvalue weighted by molar-refractivity contribution is -0.145. The summed E-state index contributed by atoms with van der Waals surface area (Å²) in [5.74, 6) is 7.30. The van der Waals surface area contributed by atoms with Gasteiger partial charge >= 0.3 is 0 Å². The quantitative estimate of drug-likeness (QED) is 0.143. The Bertz CT molecular complexity index is 1610. The number of carbonyl (C=O) groups excluding carboxylic acids is 2. The molecule has 3 aromatic heterocycles. The fraction of sp³-hybridized carbons (Fsp3) is 0.645. The molecule has 0 radical (unpaired) electrons. The highest BCUT2D eigenvalue weighted by Gasteiger charge is 2.61. The van der Waals surface area contributed by atoms with Gasteiger partial charge in [-0.2, -0.15) is 15.2 Å². The third-order valence-corrected chi connectivity index (χ3v) is 10.6. The van der Waals surface area contributed by atoms with Crippen LogP contribution in [-0.4, -0.2) is 95.4 Å². The van der Waals surface area contributed by atoms with Crippen LogP contribution in [0.2, 0.25) is 0 Å². The van der Waals surface area contributed by atoms with Crippen molar-refractivity contribution in [2.24, 2.45) is 22.6 Å². The van der Waals surface area contributed by atoms with Crippen molar-refractivity contribution >= 4 is 17.6 Å². The summed E-state index contributed by atoms with van der Waals surface area (Å²) in [6.07, 6.45) is 10.9. The smallest absolute Gasteiger partial charge is 0.257 e. The number of amidine groups is 1. The van der Waals surface area contributed by atoms with E-state index < -0.39 is 0 Å². The van der Waals surface area contributed by atoms with Crippen LogP contribution in [0.4, 0.5) is 0 Å². The Hall–Kier alpha value is -4.11. The molecule has 2 saturated carbocycles. The number of nitrogens with two attached hydrogens (primary N) is 1. The SMILES string of the molecule is CC(c1nc(C2CN(C(=O)c3cnn(CC(=N)N(C)N)c3)CC23CN(C(=O)[C@H]2CC2(C)C)C3)no1)n1ccc(C2CCCC2)n1.N. The van der Waals surface area contributed by atoms with Crippen LogP contribution in [0.1, 0.15) is 98.5 Å². The van der Waals surface area contributed by atoms with E-state index in [9.17, 15) is 9.59 Å². The second-order valence-electron chi connectivity index (χ2n) is 14.4. The van der Waals surface area contributed by atoms with Gasteiger partial charge in [-0.1, -0.05) is 31.8 Å². The number of likely N-dealkylation sites (N-methyl/N-ethyl adjacent to an activating group) is 1. The van der Waals surface area contributed by atoms with Gasteiger partial charge in [-0.15, -0.1) is 0 Å². The average Bonchev–Trinajstić information content (AvgIpc) is 3.72. The molecule has 3 aromatic rings. The average molecular weight is 635 g/mol. The lowest BCUT2D eigenvalue weighted by Gasteiger charge is -2.50. The van der Waals surface area contributed by atoms with E-state index >= 15 is 0 Å². The molecule has 6 N–H and O–H groups in total. The Morgan fingerprint density at radius 2 is 1.89 bits per heavy atom. The molecule has 2 unspecified atom stereocenters. The molecule has 5 heterocycles. The minimum Gasteiger partial charge on any atom is -0.344 e. The van der Waals surface area contributed by atoms with E-state index in [1.807, 2.05) is 27.6 Å². The van der Waals surface area contributed by atoms with Crippen LogP contribution in [0, 0.1) is 22.2 Å². The molecule has 0 bridgehead atoms. The van der Waals surface area contributed by atoms with E-state index in [1.165, 1.54) is 41.6 Å². The van der Waals surface area contributed by atoms with Crippen LogP contribution in [0.25, 0.3) is 0 Å². The van der Waals surface area contributed by atoms with E-state index in [2.05, 4.69) is 30.2 Å². The first kappa shape index (κ1) is 31.9. The fourth-order valence-corrected chi connectivity index (χ4v) is 7.47. The summed E-state index contributed by atoms with van der Waals surface area (Å²) in [5, 5.41) is 22.8. The Kier molecular flexibility index (Phi) is 8.03. The van der Waals surface area contributed by atoms with Crippen LogP contribution < -0.4 is 12.0 Å². The number of hydrogen-bond donors (Lipinski definition) is 3. The maximum Gasteiger partial charge on any atom is 0.257 e. The minimum atomic E-state index is -0.365. The van der Waals surface area contributed by atoms with Crippen LogP contribution in [0.5, 0.6) is 0 Å². The van der Waals surface area contributed by atoms with Gasteiger partial charge < -0.3 is 25.5 Å². The Labute approximate surface area is 268 Å². The number of aromatic nitrogens is 6. The Morgan fingerprint density at radius 1 is 1.20 bits per heavy atom. The third kappa shape index (κ3) is 5.59. The maximum absolute atomic E-state index is 13.7. The van der Waals surface area contributed by atoms with Crippen molar-refractivity contribution in [2.75, 3.05) is 33.2 Å². The van der Waals surface area contributed by atoms with Gasteiger partial charge in [-0.25, -0.2) is 5.84 Å². The van der Waals surface area contributed by atoms with E-state index in [1.54, 1.807) is 13.2 Å². The van der Waals surface area contributed by atoms with Crippen molar-refractivity contribution in [3.05, 3.63) is 47.6 Å². The number of carbonyl (C=O) groups is 2. The van der Waals surface area contributed by atoms with Gasteiger partial charge in [0.2, 0.25) is 5.91 Å². The van der Waals surface area contributed by atoms with E-state index in [-0.39, 0.29) is 59.1 Å². The molecule has 15 heteroatoms. The second kappa shape index (κ2) is 11.6. The second-order valence-corrected chi connectivity index (χ2v) is 14.4. The standard InChI is InChI=1S/C31H43N11O3.H3N/c1-19(42-10-9-24(36-42)20-7-5-6-8-20)27-35-26(37-45-27)23-14-39(28(43)21-12-34-41(13-21)15-25(32)38(4)33)16-31(23)17-40(18-31)29(44)22-11-30(22,2)3;/h9-10,12-13,19-20,22-23,32H,5-8,11,14-18,33H2,1-4H3;1H3/t19?,22-,23?;/m1./s1. The molecule has 4 fully saturated rings. The third-order valence-electron chi connectivity index (χ3n) is 10.6. The molecule has 4 aliphatic rings. The van der Waals surface area contributed by atoms with Crippen molar-refractivity contribution < 1.29 is 14.1 Å². The minimum absolute atomic E-state index is 0. The molecule has 248 valence electrons. The molecule has 2 aliphatic heterocycles. The number of likely N-dealkylation sites (tertiary alicyclic amines) is 2. The molecular formula is C31H46N12O3. The van der Waals surface area contributed by atoms with E-state index in [0.29, 0.717) is 49.4 Å². The summed E-state index contributed by atoms with van der Waals surface area (Å²) in [6.45, 7) is 8.41. The molecular weight excluding hydrogens is 588 g/mol. The number of hydrazine groups is 1. The lowest BCUT2D eigenvalue weighted by Crippen LogP contribution is -2.62. The van der Waals surface area contributed by atoms with Gasteiger partial charge in [0.15, 0.2) is 5.82 Å². The van der Waals surface area contributed by atoms with Crippen molar-refractivity contribution in [3.63, 3.8) is 0 Å². The first-order valence-electron chi connectivity index (χ1n) is 16.0. The number of nitrogens with zero attached hydrogens (tertiary/aromatic N) is 9. The van der Waals surface area contributed by atoms with Crippen LogP contribution in [0.15, 0.2) is 29.2 Å². The molecule has 0 aromatic carbocycles. The number of nitrogens with one attached hydrogen (secondary N) is 1. The molecule has 1 spiro atoms. The zero-order chi connectivity index (χ0) is 31.7. The molecule has 3 atom stereocenters. The molecule has 2 amide bonds. The molecule has 46 heavy (non-hydrogen) atoms. The fourth-order valence-electron chi connectivity index (χ4n) is 7.47. The van der Waals surface area contributed by atoms with Gasteiger partial charge in [0, 0.05) is 62.9 Å². The maximum atomic E-state index is 13.7. The summed E-state index contributed by atoms with van der Waals surface area (Å²) in [5.41, 5.74) is 1.24. The van der Waals surface area contributed by atoms with Gasteiger partial charge in [0.05, 0.1) is 29.9 Å². The summed E-state index contributed by atoms with van der Waals surface area (Å²) < 4.78 is 9.25. The molecule has 7 rings (SSSR count). The lowest BCUT2D eigenvalue weighted by atomic mass is 9.71. The summed E-state index contributed by atoms with van der Waals surface area (Å²) in [6, 6.07) is 1.87. The van der Waals surface area contributed by atoms with Gasteiger partial charge in [-0.05, 0) is 37.7 Å². The predicted molar refractivity (Wildman–Crippen MR) is 168 cm³/mol. The highest BCUT2D eigenvalue weighted by molar-refractivity contribution is 5.94. The Morgan fingerprint density at radius 3 is 2.57 bits per heavy atom. The number of rotatable bonds is 8. The summed E-state index contributed by atoms with van der Waals surface area (Å²) >= 11 is 0. The predicted octanol–water partition coefficient (Wildman–Crippen LogP) is 2.79. The largest absolute Gasteiger partial charge is 0.344 e. The zero-order valence-corrected chi connectivity index (χ0v) is 27.2. The highest BCUT2D eigenvalue weighted by Crippen LogP contribution is 2.55. The van der Waals surface area contributed by atoms with E-state index in [4.69, 9.17) is 25.9 Å². The number of amides is 2. The topological polar surface area (TPSA) is 203 Å². The van der Waals surface area contributed by atoms with Crippen molar-refractivity contribution in [1.82, 2.24) is 50.7 Å². The molecule has 15 nitrogen and oxygen atoms in total. The van der Waals surface area contributed by atoms with Gasteiger partial charge in [0.1, 0.15) is 11.9 Å². The summed E-state index contributed by atoms with van der Waals surface area (Å²) in [7, 11) is 1.59. The van der Waals surface area contributed by atoms with Gasteiger partial charge in [-0.3, -0.25) is 24.4 Å². The van der Waals surface area contributed by atoms with Crippen LogP contribution in [-0.2, 0) is 11.3 Å². The first-order valence-corrected chi connectivity index (χ1v) is 16.0. The van der Waals surface area contributed by atoms with Crippen molar-refractivity contribution in [1.29, 1.82) is 5.41 Å². The summed E-state index contributed by atoms with van der Waals surface area (Å²) in [4.78, 5) is 35.6. The first-order chi connectivity index (χ1) is 21.4. The van der Waals surface area contributed by atoms with Crippen molar-refractivity contribution in [2.45, 2.75) is 77.3 Å². The number of hydrogen-bond acceptors (Lipinski definition) is 10. The van der Waals surface area contributed by atoms with Crippen LogP contribution >= 0.6 is 0 Å². The zero-order valence-electron chi connectivity index (χ0n) is 27.2. The van der Waals surface area contributed by atoms with Crippen molar-refractivity contribution in [3.8, 4) is 0 Å². The Balaban J connectivity index is 0.00000372. The van der Waals surface area contributed by atoms with Crippen LogP contribution in [0.3, 0.4) is 0 Å². The highest BCUT2D eigenvalue weighted by atomic mass is 16.5. The van der Waals surface area contributed by atoms with E-state index in [0.717, 1.165) is 12.1 Å².